The molecule has 6 heavy (non-hydrogen) atoms. The second-order valence-corrected chi connectivity index (χ2v) is 0.555. The van der Waals surface area contributed by atoms with Gasteiger partial charge in [0.15, 0.2) is 0 Å². The molecule has 0 aliphatic carbocycles. The van der Waals surface area contributed by atoms with Crippen LogP contribution in [0.2, 0.25) is 0 Å². The summed E-state index contributed by atoms with van der Waals surface area (Å²) in [6.07, 6.45) is -0.995. The molecule has 0 saturated heterocycles. The number of carbonyl (C=O) groups is 1. The maximum absolute atomic E-state index is 9.26. The van der Waals surface area contributed by atoms with Crippen molar-refractivity contribution in [3.8, 4) is 0 Å². The molecule has 0 rings (SSSR count). The second kappa shape index (κ2) is 5.04. The van der Waals surface area contributed by atoms with E-state index in [4.69, 9.17) is 5.11 Å². The van der Waals surface area contributed by atoms with Crippen LogP contribution in [-0.4, -0.2) is 41.3 Å². The van der Waals surface area contributed by atoms with Crippen LogP contribution in [0.1, 0.15) is 2.85 Å². The van der Waals surface area contributed by atoms with E-state index >= 15 is 0 Å². The predicted octanol–water partition coefficient (Wildman–Crippen LogP) is -0.272. The first kappa shape index (κ1) is 9.40. The van der Waals surface area contributed by atoms with Gasteiger partial charge >= 0.3 is 29.1 Å². The van der Waals surface area contributed by atoms with Crippen molar-refractivity contribution in [3.63, 3.8) is 0 Å². The maximum Gasteiger partial charge on any atom is 2.00 e. The summed E-state index contributed by atoms with van der Waals surface area (Å²) in [5, 5.41) is 9.56. The first-order valence-electron chi connectivity index (χ1n) is 1.18. The fourth-order valence-corrected chi connectivity index (χ4v) is 0. The molecule has 0 saturated carbocycles. The summed E-state index contributed by atoms with van der Waals surface area (Å²) in [4.78, 5) is 9.26. The molecular formula is C2H7MgNO2. The van der Waals surface area contributed by atoms with Gasteiger partial charge in [-0.1, -0.05) is 0 Å². The average Bonchev–Trinajstić information content (AvgIpc) is 1.38. The maximum atomic E-state index is 9.26. The molecule has 0 unspecified atom stereocenters. The first-order valence-corrected chi connectivity index (χ1v) is 1.18. The Morgan fingerprint density at radius 1 is 2.00 bits per heavy atom. The van der Waals surface area contributed by atoms with Crippen LogP contribution in [0.25, 0.3) is 0 Å². The quantitative estimate of drug-likeness (QED) is 0.413. The summed E-state index contributed by atoms with van der Waals surface area (Å²) in [5.74, 6) is 0. The molecule has 0 fully saturated rings. The Balaban J connectivity index is -0.0000000267. The Morgan fingerprint density at radius 3 is 2.17 bits per heavy atom. The zero-order valence-electron chi connectivity index (χ0n) is 5.56. The van der Waals surface area contributed by atoms with Crippen molar-refractivity contribution < 1.29 is 12.8 Å². The second-order valence-electron chi connectivity index (χ2n) is 0.555. The number of nitrogens with one attached hydrogen (secondary N) is 1. The number of hydrogen-bond donors (Lipinski definition) is 2. The fourth-order valence-electron chi connectivity index (χ4n) is 0. The third-order valence-corrected chi connectivity index (χ3v) is 0.214. The monoisotopic (exact) mass is 101 g/mol. The Bertz CT molecular complexity index is 53.3. The molecule has 4 heteroatoms. The molecule has 1 amide bonds. The summed E-state index contributed by atoms with van der Waals surface area (Å²) in [6, 6.07) is 0. The molecule has 0 spiro atoms. The summed E-state index contributed by atoms with van der Waals surface area (Å²) >= 11 is 0. The summed E-state index contributed by atoms with van der Waals surface area (Å²) in [5.41, 5.74) is 0. The Hall–Kier alpha value is 0.0362. The van der Waals surface area contributed by atoms with Crippen LogP contribution in [0.3, 0.4) is 0 Å². The van der Waals surface area contributed by atoms with Crippen LogP contribution in [0.5, 0.6) is 0 Å². The zero-order valence-corrected chi connectivity index (χ0v) is 4.98. The van der Waals surface area contributed by atoms with Crippen molar-refractivity contribution in [2.75, 3.05) is 7.05 Å². The van der Waals surface area contributed by atoms with Crippen molar-refractivity contribution in [3.05, 3.63) is 0 Å². The van der Waals surface area contributed by atoms with E-state index in [9.17, 15) is 4.79 Å². The summed E-state index contributed by atoms with van der Waals surface area (Å²) in [7, 11) is 1.35. The van der Waals surface area contributed by atoms with Crippen LogP contribution < -0.4 is 5.32 Å². The molecule has 0 atom stereocenters. The number of amides is 1. The van der Waals surface area contributed by atoms with Crippen LogP contribution >= 0.6 is 0 Å². The van der Waals surface area contributed by atoms with Crippen LogP contribution in [0, 0.1) is 0 Å². The van der Waals surface area contributed by atoms with Gasteiger partial charge in [0.1, 0.15) is 0 Å². The summed E-state index contributed by atoms with van der Waals surface area (Å²) < 4.78 is 0. The van der Waals surface area contributed by atoms with Gasteiger partial charge in [-0.2, -0.15) is 0 Å². The van der Waals surface area contributed by atoms with Crippen LogP contribution in [0.15, 0.2) is 0 Å². The third-order valence-electron chi connectivity index (χ3n) is 0.214. The minimum Gasteiger partial charge on any atom is -1.00 e. The van der Waals surface area contributed by atoms with E-state index in [0.717, 1.165) is 0 Å². The van der Waals surface area contributed by atoms with Gasteiger partial charge in [0.05, 0.1) is 0 Å². The Kier molecular flexibility index (Phi) is 7.89. The Labute approximate surface area is 54.8 Å². The van der Waals surface area contributed by atoms with E-state index in [-0.39, 0.29) is 25.9 Å². The first-order chi connectivity index (χ1) is 2.27. The molecule has 2 N–H and O–H groups in total. The fraction of sp³-hybridized carbons (Fsp3) is 0.500. The molecule has 0 aromatic heterocycles. The Morgan fingerprint density at radius 2 is 2.17 bits per heavy atom. The van der Waals surface area contributed by atoms with Gasteiger partial charge in [-0.3, -0.25) is 0 Å². The minimum absolute atomic E-state index is 0. The molecule has 0 aromatic carbocycles. The van der Waals surface area contributed by atoms with E-state index in [1.165, 1.54) is 7.05 Å². The predicted molar refractivity (Wildman–Crippen MR) is 25.1 cm³/mol. The van der Waals surface area contributed by atoms with Gasteiger partial charge in [-0.15, -0.1) is 0 Å². The van der Waals surface area contributed by atoms with Crippen molar-refractivity contribution >= 4 is 29.1 Å². The molecule has 0 aliphatic heterocycles. The van der Waals surface area contributed by atoms with Gasteiger partial charge in [-0.05, 0) is 0 Å². The van der Waals surface area contributed by atoms with Crippen molar-refractivity contribution in [1.82, 2.24) is 5.32 Å². The van der Waals surface area contributed by atoms with Crippen LogP contribution in [0.4, 0.5) is 4.79 Å². The number of rotatable bonds is 0. The average molecular weight is 101 g/mol. The van der Waals surface area contributed by atoms with Gasteiger partial charge in [-0.25, -0.2) is 4.79 Å². The smallest absolute Gasteiger partial charge is 1.00 e. The van der Waals surface area contributed by atoms with Crippen molar-refractivity contribution in [2.45, 2.75) is 0 Å². The largest absolute Gasteiger partial charge is 2.00 e. The van der Waals surface area contributed by atoms with Gasteiger partial charge in [0.2, 0.25) is 0 Å². The van der Waals surface area contributed by atoms with Gasteiger partial charge < -0.3 is 13.3 Å². The van der Waals surface area contributed by atoms with Gasteiger partial charge in [0.25, 0.3) is 0 Å². The molecule has 0 aromatic rings. The van der Waals surface area contributed by atoms with Gasteiger partial charge in [0, 0.05) is 7.05 Å². The standard InChI is InChI=1S/C2H5NO2.Mg.2H/c1-3-2(4)5;;;/h3H,1H3,(H,4,5);;;/q;+2;2*-1. The van der Waals surface area contributed by atoms with E-state index in [1.807, 2.05) is 5.32 Å². The van der Waals surface area contributed by atoms with E-state index in [1.54, 1.807) is 0 Å². The van der Waals surface area contributed by atoms with Crippen molar-refractivity contribution in [1.29, 1.82) is 0 Å². The topological polar surface area (TPSA) is 49.3 Å². The normalized spacial score (nSPS) is 5.50. The van der Waals surface area contributed by atoms with Crippen molar-refractivity contribution in [2.24, 2.45) is 0 Å². The third kappa shape index (κ3) is 8.97. The molecule has 0 bridgehead atoms. The molecule has 34 valence electrons. The molecule has 0 heterocycles. The van der Waals surface area contributed by atoms with E-state index in [0.29, 0.717) is 0 Å². The minimum atomic E-state index is -0.995. The van der Waals surface area contributed by atoms with E-state index < -0.39 is 6.09 Å². The van der Waals surface area contributed by atoms with E-state index in [2.05, 4.69) is 0 Å². The zero-order chi connectivity index (χ0) is 4.28. The SMILES string of the molecule is CNC(=O)O.[H-].[H-].[Mg+2]. The summed E-state index contributed by atoms with van der Waals surface area (Å²) in [6.45, 7) is 0. The number of hydrogen-bond acceptors (Lipinski definition) is 1. The molecule has 3 nitrogen and oxygen atoms in total. The molecule has 0 aliphatic rings. The van der Waals surface area contributed by atoms with Crippen LogP contribution in [-0.2, 0) is 0 Å². The molecule has 0 radical (unpaired) electrons. The molecular weight excluding hydrogens is 94.3 g/mol. The number of carboxylic acid groups (broad SMARTS) is 1.